The van der Waals surface area contributed by atoms with E-state index in [-0.39, 0.29) is 25.4 Å². The molecule has 7 heteroatoms. The van der Waals surface area contributed by atoms with Gasteiger partial charge in [-0.2, -0.15) is 0 Å². The molecule has 1 amide bonds. The van der Waals surface area contributed by atoms with Gasteiger partial charge < -0.3 is 25.6 Å². The van der Waals surface area contributed by atoms with Gasteiger partial charge in [0.25, 0.3) is 0 Å². The quantitative estimate of drug-likeness (QED) is 0.594. The first kappa shape index (κ1) is 14.2. The maximum absolute atomic E-state index is 12.6. The van der Waals surface area contributed by atoms with E-state index in [0.29, 0.717) is 26.1 Å². The molecule has 2 aliphatic rings. The molecule has 0 bridgehead atoms. The summed E-state index contributed by atoms with van der Waals surface area (Å²) < 4.78 is 5.24. The van der Waals surface area contributed by atoms with Crippen LogP contribution in [0.3, 0.4) is 0 Å². The molecular weight excluding hydrogens is 252 g/mol. The Morgan fingerprint density at radius 1 is 1.37 bits per heavy atom. The van der Waals surface area contributed by atoms with E-state index >= 15 is 0 Å². The van der Waals surface area contributed by atoms with E-state index < -0.39 is 23.5 Å². The molecule has 108 valence electrons. The van der Waals surface area contributed by atoms with Crippen molar-refractivity contribution in [1.82, 2.24) is 4.90 Å². The average Bonchev–Trinajstić information content (AvgIpc) is 2.81. The first-order valence-corrected chi connectivity index (χ1v) is 6.50. The van der Waals surface area contributed by atoms with Crippen LogP contribution in [0.4, 0.5) is 0 Å². The minimum atomic E-state index is -1.08. The molecule has 7 nitrogen and oxygen atoms in total. The molecule has 2 heterocycles. The summed E-state index contributed by atoms with van der Waals surface area (Å²) in [6.07, 6.45) is 0.306. The maximum atomic E-state index is 12.6. The fraction of sp³-hybridized carbons (Fsp3) is 0.833. The molecule has 2 atom stereocenters. The van der Waals surface area contributed by atoms with Gasteiger partial charge in [-0.25, -0.2) is 4.79 Å². The number of nitrogens with zero attached hydrogens (tertiary/aromatic N) is 1. The van der Waals surface area contributed by atoms with Gasteiger partial charge >= 0.3 is 5.97 Å². The van der Waals surface area contributed by atoms with Gasteiger partial charge in [0.05, 0.1) is 11.5 Å². The number of carboxylic acid groups (broad SMARTS) is 1. The third-order valence-corrected chi connectivity index (χ3v) is 4.12. The Kier molecular flexibility index (Phi) is 4.07. The summed E-state index contributed by atoms with van der Waals surface area (Å²) in [6, 6.07) is -0.950. The van der Waals surface area contributed by atoms with Crippen molar-refractivity contribution in [3.63, 3.8) is 0 Å². The lowest BCUT2D eigenvalue weighted by Crippen LogP contribution is -2.53. The molecule has 2 fully saturated rings. The van der Waals surface area contributed by atoms with Crippen molar-refractivity contribution in [2.24, 2.45) is 11.1 Å². The van der Waals surface area contributed by atoms with E-state index in [0.717, 1.165) is 0 Å². The number of aliphatic hydroxyl groups is 1. The highest BCUT2D eigenvalue weighted by atomic mass is 16.5. The Morgan fingerprint density at radius 2 is 2.00 bits per heavy atom. The first-order valence-electron chi connectivity index (χ1n) is 6.50. The van der Waals surface area contributed by atoms with Crippen LogP contribution in [0.25, 0.3) is 0 Å². The molecule has 0 unspecified atom stereocenters. The van der Waals surface area contributed by atoms with Crippen LogP contribution in [0.2, 0.25) is 0 Å². The molecule has 0 aromatic heterocycles. The number of hydrogen-bond donors (Lipinski definition) is 3. The number of amides is 1. The zero-order valence-corrected chi connectivity index (χ0v) is 10.7. The minimum Gasteiger partial charge on any atom is -0.480 e. The summed E-state index contributed by atoms with van der Waals surface area (Å²) in [7, 11) is 0. The fourth-order valence-electron chi connectivity index (χ4n) is 2.84. The van der Waals surface area contributed by atoms with Gasteiger partial charge in [-0.05, 0) is 12.8 Å². The third kappa shape index (κ3) is 2.58. The molecule has 2 rings (SSSR count). The van der Waals surface area contributed by atoms with Crippen molar-refractivity contribution >= 4 is 11.9 Å². The number of likely N-dealkylation sites (tertiary alicyclic amines) is 1. The average molecular weight is 272 g/mol. The molecular formula is C12H20N2O5. The van der Waals surface area contributed by atoms with Crippen LogP contribution in [0.1, 0.15) is 19.3 Å². The van der Waals surface area contributed by atoms with Gasteiger partial charge in [0.1, 0.15) is 6.04 Å². The molecule has 2 aliphatic heterocycles. The zero-order chi connectivity index (χ0) is 14.0. The number of aliphatic hydroxyl groups excluding tert-OH is 1. The molecule has 19 heavy (non-hydrogen) atoms. The van der Waals surface area contributed by atoms with E-state index in [1.807, 2.05) is 0 Å². The predicted octanol–water partition coefficient (Wildman–Crippen LogP) is -1.21. The predicted molar refractivity (Wildman–Crippen MR) is 65.3 cm³/mol. The van der Waals surface area contributed by atoms with E-state index in [2.05, 4.69) is 0 Å². The Labute approximate surface area is 111 Å². The Morgan fingerprint density at radius 3 is 2.53 bits per heavy atom. The van der Waals surface area contributed by atoms with Gasteiger partial charge in [-0.1, -0.05) is 0 Å². The number of carbonyl (C=O) groups is 2. The highest BCUT2D eigenvalue weighted by molar-refractivity contribution is 5.88. The van der Waals surface area contributed by atoms with Gasteiger partial charge in [-0.3, -0.25) is 4.79 Å². The lowest BCUT2D eigenvalue weighted by molar-refractivity contribution is -0.156. The number of carboxylic acids is 1. The Balaban J connectivity index is 2.19. The van der Waals surface area contributed by atoms with Gasteiger partial charge in [-0.15, -0.1) is 0 Å². The van der Waals surface area contributed by atoms with Crippen LogP contribution in [-0.4, -0.2) is 65.4 Å². The first-order chi connectivity index (χ1) is 9.00. The van der Waals surface area contributed by atoms with E-state index in [4.69, 9.17) is 15.6 Å². The van der Waals surface area contributed by atoms with Gasteiger partial charge in [0, 0.05) is 32.7 Å². The number of β-amino-alcohol motifs (C(OH)–C–C–N with tert-alkyl or cyclic N) is 1. The molecule has 0 radical (unpaired) electrons. The highest BCUT2D eigenvalue weighted by Crippen LogP contribution is 2.34. The summed E-state index contributed by atoms with van der Waals surface area (Å²) in [5.74, 6) is -1.34. The summed E-state index contributed by atoms with van der Waals surface area (Å²) >= 11 is 0. The highest BCUT2D eigenvalue weighted by Gasteiger charge is 2.47. The zero-order valence-electron chi connectivity index (χ0n) is 10.7. The molecule has 0 aliphatic carbocycles. The normalized spacial score (nSPS) is 30.3. The Bertz CT molecular complexity index is 367. The topological polar surface area (TPSA) is 113 Å². The van der Waals surface area contributed by atoms with E-state index in [1.165, 1.54) is 4.90 Å². The van der Waals surface area contributed by atoms with Crippen molar-refractivity contribution in [3.05, 3.63) is 0 Å². The lowest BCUT2D eigenvalue weighted by atomic mass is 9.78. The van der Waals surface area contributed by atoms with Crippen molar-refractivity contribution in [2.75, 3.05) is 26.3 Å². The van der Waals surface area contributed by atoms with Crippen molar-refractivity contribution in [1.29, 1.82) is 0 Å². The van der Waals surface area contributed by atoms with Crippen LogP contribution in [0.5, 0.6) is 0 Å². The second-order valence-electron chi connectivity index (χ2n) is 5.30. The molecule has 2 saturated heterocycles. The summed E-state index contributed by atoms with van der Waals surface area (Å²) in [5.41, 5.74) is 5.01. The largest absolute Gasteiger partial charge is 0.480 e. The molecule has 0 saturated carbocycles. The molecule has 0 aromatic rings. The smallest absolute Gasteiger partial charge is 0.326 e. The minimum absolute atomic E-state index is 0.0679. The number of aliphatic carboxylic acids is 1. The standard InChI is InChI=1S/C12H20N2O5/c13-7-12(1-3-19-4-2-12)11(18)14-6-8(15)5-9(14)10(16)17/h8-9,15H,1-7,13H2,(H,16,17)/t8-,9-/m0/s1. The van der Waals surface area contributed by atoms with Crippen LogP contribution in [0.15, 0.2) is 0 Å². The second kappa shape index (κ2) is 5.44. The van der Waals surface area contributed by atoms with Gasteiger partial charge in [0.15, 0.2) is 0 Å². The number of hydrogen-bond acceptors (Lipinski definition) is 5. The second-order valence-corrected chi connectivity index (χ2v) is 5.30. The van der Waals surface area contributed by atoms with Crippen molar-refractivity contribution in [2.45, 2.75) is 31.4 Å². The monoisotopic (exact) mass is 272 g/mol. The third-order valence-electron chi connectivity index (χ3n) is 4.12. The fourth-order valence-corrected chi connectivity index (χ4v) is 2.84. The SMILES string of the molecule is NCC1(C(=O)N2C[C@@H](O)C[C@H]2C(=O)O)CCOCC1. The van der Waals surface area contributed by atoms with Crippen molar-refractivity contribution in [3.8, 4) is 0 Å². The number of carbonyl (C=O) groups excluding carboxylic acids is 1. The molecule has 4 N–H and O–H groups in total. The van der Waals surface area contributed by atoms with Crippen LogP contribution < -0.4 is 5.73 Å². The van der Waals surface area contributed by atoms with Crippen molar-refractivity contribution < 1.29 is 24.5 Å². The van der Waals surface area contributed by atoms with Crippen LogP contribution in [-0.2, 0) is 14.3 Å². The number of rotatable bonds is 3. The summed E-state index contributed by atoms with van der Waals surface area (Å²) in [6.45, 7) is 1.15. The molecule has 0 spiro atoms. The number of nitrogens with two attached hydrogens (primary N) is 1. The lowest BCUT2D eigenvalue weighted by Gasteiger charge is -2.38. The summed E-state index contributed by atoms with van der Waals surface area (Å²) in [4.78, 5) is 25.1. The maximum Gasteiger partial charge on any atom is 0.326 e. The van der Waals surface area contributed by atoms with Crippen LogP contribution in [0, 0.1) is 5.41 Å². The number of ether oxygens (including phenoxy) is 1. The van der Waals surface area contributed by atoms with Gasteiger partial charge in [0.2, 0.25) is 5.91 Å². The molecule has 0 aromatic carbocycles. The Hall–Kier alpha value is -1.18. The van der Waals surface area contributed by atoms with E-state index in [1.54, 1.807) is 0 Å². The van der Waals surface area contributed by atoms with Crippen LogP contribution >= 0.6 is 0 Å². The van der Waals surface area contributed by atoms with E-state index in [9.17, 15) is 14.7 Å². The summed E-state index contributed by atoms with van der Waals surface area (Å²) in [5, 5.41) is 18.8.